The average molecular weight is 335 g/mol. The van der Waals surface area contributed by atoms with Crippen LogP contribution in [-0.4, -0.2) is 0 Å². The van der Waals surface area contributed by atoms with Crippen molar-refractivity contribution in [2.75, 3.05) is 5.32 Å². The number of fused-ring (bicyclic) bond motifs is 5. The molecule has 5 rings (SSSR count). The van der Waals surface area contributed by atoms with Crippen molar-refractivity contribution in [1.29, 1.82) is 0 Å². The van der Waals surface area contributed by atoms with Gasteiger partial charge in [-0.2, -0.15) is 0 Å². The summed E-state index contributed by atoms with van der Waals surface area (Å²) >= 11 is 0. The molecule has 0 fully saturated rings. The summed E-state index contributed by atoms with van der Waals surface area (Å²) in [4.78, 5) is 0. The Morgan fingerprint density at radius 1 is 0.731 bits per heavy atom. The lowest BCUT2D eigenvalue weighted by Gasteiger charge is -2.25. The van der Waals surface area contributed by atoms with Gasteiger partial charge in [-0.05, 0) is 51.2 Å². The molecule has 1 nitrogen and oxygen atoms in total. The van der Waals surface area contributed by atoms with Crippen LogP contribution in [0.15, 0.2) is 84.9 Å². The van der Waals surface area contributed by atoms with E-state index in [-0.39, 0.29) is 5.41 Å². The Bertz CT molecular complexity index is 1120. The molecule has 0 radical (unpaired) electrons. The molecule has 0 aliphatic heterocycles. The predicted molar refractivity (Wildman–Crippen MR) is 111 cm³/mol. The normalized spacial score (nSPS) is 14.1. The first-order chi connectivity index (χ1) is 12.7. The van der Waals surface area contributed by atoms with Crippen LogP contribution >= 0.6 is 0 Å². The summed E-state index contributed by atoms with van der Waals surface area (Å²) in [5.74, 6) is 0. The van der Waals surface area contributed by atoms with Crippen LogP contribution in [0.2, 0.25) is 0 Å². The summed E-state index contributed by atoms with van der Waals surface area (Å²) in [7, 11) is 0. The number of benzene rings is 4. The second-order valence-electron chi connectivity index (χ2n) is 7.56. The summed E-state index contributed by atoms with van der Waals surface area (Å²) in [6.07, 6.45) is 0. The maximum atomic E-state index is 3.69. The van der Waals surface area contributed by atoms with Gasteiger partial charge in [0.05, 0.1) is 0 Å². The zero-order valence-electron chi connectivity index (χ0n) is 15.1. The number of anilines is 2. The topological polar surface area (TPSA) is 12.0 Å². The summed E-state index contributed by atoms with van der Waals surface area (Å²) in [6, 6.07) is 30.3. The van der Waals surface area contributed by atoms with Gasteiger partial charge >= 0.3 is 0 Å². The molecule has 1 aliphatic rings. The van der Waals surface area contributed by atoms with Crippen LogP contribution in [0.5, 0.6) is 0 Å². The van der Waals surface area contributed by atoms with Crippen LogP contribution in [0.1, 0.15) is 25.0 Å². The largest absolute Gasteiger partial charge is 0.355 e. The van der Waals surface area contributed by atoms with Gasteiger partial charge < -0.3 is 5.32 Å². The molecule has 0 saturated carbocycles. The molecular weight excluding hydrogens is 314 g/mol. The zero-order chi connectivity index (χ0) is 17.7. The highest BCUT2D eigenvalue weighted by Gasteiger charge is 2.38. The highest BCUT2D eigenvalue weighted by molar-refractivity contribution is 6.06. The Morgan fingerprint density at radius 2 is 1.42 bits per heavy atom. The fraction of sp³-hybridized carbons (Fsp3) is 0.120. The Morgan fingerprint density at radius 3 is 2.27 bits per heavy atom. The summed E-state index contributed by atoms with van der Waals surface area (Å²) < 4.78 is 0. The number of para-hydroxylation sites is 1. The monoisotopic (exact) mass is 335 g/mol. The van der Waals surface area contributed by atoms with E-state index in [0.29, 0.717) is 0 Å². The van der Waals surface area contributed by atoms with Crippen molar-refractivity contribution < 1.29 is 0 Å². The molecule has 1 aliphatic carbocycles. The van der Waals surface area contributed by atoms with Crippen LogP contribution in [0, 0.1) is 0 Å². The molecule has 1 heteroatoms. The van der Waals surface area contributed by atoms with Crippen molar-refractivity contribution in [3.8, 4) is 11.1 Å². The van der Waals surface area contributed by atoms with Gasteiger partial charge in [0.25, 0.3) is 0 Å². The molecule has 0 unspecified atom stereocenters. The molecule has 1 N–H and O–H groups in total. The van der Waals surface area contributed by atoms with Crippen molar-refractivity contribution in [3.05, 3.63) is 96.1 Å². The Hall–Kier alpha value is -3.06. The lowest BCUT2D eigenvalue weighted by molar-refractivity contribution is 0.663. The highest BCUT2D eigenvalue weighted by atomic mass is 14.9. The van der Waals surface area contributed by atoms with Crippen LogP contribution in [-0.2, 0) is 5.41 Å². The van der Waals surface area contributed by atoms with Crippen molar-refractivity contribution >= 4 is 22.1 Å². The van der Waals surface area contributed by atoms with E-state index in [1.165, 1.54) is 38.7 Å². The Kier molecular flexibility index (Phi) is 3.20. The molecule has 0 bridgehead atoms. The standard InChI is InChI=1S/C25H21N/c1-25(2)21-15-9-8-14-20(21)23-19-13-7-6-10-17(19)16-22(24(23)25)26-18-11-4-3-5-12-18/h3-16,26H,1-2H3. The van der Waals surface area contributed by atoms with Gasteiger partial charge in [-0.25, -0.2) is 0 Å². The SMILES string of the molecule is CC1(C)c2ccccc2-c2c1c(Nc1ccccc1)cc1ccccc21. The summed E-state index contributed by atoms with van der Waals surface area (Å²) in [6.45, 7) is 4.67. The number of hydrogen-bond donors (Lipinski definition) is 1. The molecule has 0 aromatic heterocycles. The fourth-order valence-electron chi connectivity index (χ4n) is 4.43. The van der Waals surface area contributed by atoms with Crippen molar-refractivity contribution in [3.63, 3.8) is 0 Å². The first-order valence-corrected chi connectivity index (χ1v) is 9.14. The van der Waals surface area contributed by atoms with E-state index in [0.717, 1.165) is 5.69 Å². The van der Waals surface area contributed by atoms with Gasteiger partial charge in [0.2, 0.25) is 0 Å². The Balaban J connectivity index is 1.86. The third kappa shape index (κ3) is 2.10. The fourth-order valence-corrected chi connectivity index (χ4v) is 4.43. The van der Waals surface area contributed by atoms with Gasteiger partial charge in [-0.15, -0.1) is 0 Å². The predicted octanol–water partition coefficient (Wildman–Crippen LogP) is 6.89. The number of rotatable bonds is 2. The first kappa shape index (κ1) is 15.2. The first-order valence-electron chi connectivity index (χ1n) is 9.14. The maximum absolute atomic E-state index is 3.69. The van der Waals surface area contributed by atoms with Crippen LogP contribution in [0.3, 0.4) is 0 Å². The quantitative estimate of drug-likeness (QED) is 0.420. The van der Waals surface area contributed by atoms with Crippen molar-refractivity contribution in [2.24, 2.45) is 0 Å². The summed E-state index contributed by atoms with van der Waals surface area (Å²) in [5, 5.41) is 6.29. The van der Waals surface area contributed by atoms with Crippen molar-refractivity contribution in [1.82, 2.24) is 0 Å². The molecule has 0 amide bonds. The van der Waals surface area contributed by atoms with Gasteiger partial charge in [0.15, 0.2) is 0 Å². The van der Waals surface area contributed by atoms with E-state index < -0.39 is 0 Å². The van der Waals surface area contributed by atoms with Gasteiger partial charge in [-0.1, -0.05) is 80.6 Å². The second-order valence-corrected chi connectivity index (χ2v) is 7.56. The maximum Gasteiger partial charge on any atom is 0.0438 e. The molecule has 126 valence electrons. The number of nitrogens with one attached hydrogen (secondary N) is 1. The highest BCUT2D eigenvalue weighted by Crippen LogP contribution is 2.54. The van der Waals surface area contributed by atoms with E-state index in [2.05, 4.69) is 104 Å². The van der Waals surface area contributed by atoms with E-state index in [1.807, 2.05) is 0 Å². The van der Waals surface area contributed by atoms with E-state index in [9.17, 15) is 0 Å². The van der Waals surface area contributed by atoms with Gasteiger partial charge in [0, 0.05) is 16.8 Å². The van der Waals surface area contributed by atoms with E-state index >= 15 is 0 Å². The van der Waals surface area contributed by atoms with Gasteiger partial charge in [0.1, 0.15) is 0 Å². The lowest BCUT2D eigenvalue weighted by atomic mass is 9.81. The minimum atomic E-state index is -0.0347. The van der Waals surface area contributed by atoms with Crippen LogP contribution in [0.4, 0.5) is 11.4 Å². The van der Waals surface area contributed by atoms with Crippen LogP contribution < -0.4 is 5.32 Å². The Labute approximate surface area is 154 Å². The molecule has 4 aromatic rings. The molecule has 4 aromatic carbocycles. The molecule has 0 atom stereocenters. The lowest BCUT2D eigenvalue weighted by Crippen LogP contribution is -2.17. The molecular formula is C25H21N. The minimum absolute atomic E-state index is 0.0347. The summed E-state index contributed by atoms with van der Waals surface area (Å²) in [5.41, 5.74) is 7.82. The molecule has 0 spiro atoms. The number of hydrogen-bond acceptors (Lipinski definition) is 1. The van der Waals surface area contributed by atoms with Gasteiger partial charge in [-0.3, -0.25) is 0 Å². The molecule has 26 heavy (non-hydrogen) atoms. The van der Waals surface area contributed by atoms with Crippen LogP contribution in [0.25, 0.3) is 21.9 Å². The third-order valence-corrected chi connectivity index (χ3v) is 5.60. The third-order valence-electron chi connectivity index (χ3n) is 5.60. The van der Waals surface area contributed by atoms with E-state index in [4.69, 9.17) is 0 Å². The smallest absolute Gasteiger partial charge is 0.0438 e. The van der Waals surface area contributed by atoms with Crippen molar-refractivity contribution in [2.45, 2.75) is 19.3 Å². The molecule has 0 heterocycles. The average Bonchev–Trinajstić information content (AvgIpc) is 2.91. The van der Waals surface area contributed by atoms with E-state index in [1.54, 1.807) is 0 Å². The second kappa shape index (κ2) is 5.47. The zero-order valence-corrected chi connectivity index (χ0v) is 15.1. The molecule has 0 saturated heterocycles. The minimum Gasteiger partial charge on any atom is -0.355 e.